The summed E-state index contributed by atoms with van der Waals surface area (Å²) < 4.78 is 0. The molecule has 1 aliphatic heterocycles. The Labute approximate surface area is 100 Å². The predicted octanol–water partition coefficient (Wildman–Crippen LogP) is 1.82. The highest BCUT2D eigenvalue weighted by Gasteiger charge is 2.22. The van der Waals surface area contributed by atoms with Crippen LogP contribution in [0.5, 0.6) is 0 Å². The number of benzene rings is 1. The molecule has 2 rings (SSSR count). The van der Waals surface area contributed by atoms with Crippen LogP contribution in [0.3, 0.4) is 0 Å². The highest BCUT2D eigenvalue weighted by Crippen LogP contribution is 2.21. The molecular weight excluding hydrogens is 218 g/mol. The fourth-order valence-corrected chi connectivity index (χ4v) is 2.06. The lowest BCUT2D eigenvalue weighted by molar-refractivity contribution is 0.134. The molecule has 0 bridgehead atoms. The Morgan fingerprint density at radius 2 is 2.00 bits per heavy atom. The van der Waals surface area contributed by atoms with E-state index < -0.39 is 6.09 Å². The molecule has 92 valence electrons. The van der Waals surface area contributed by atoms with Gasteiger partial charge in [0, 0.05) is 19.1 Å². The molecule has 0 aromatic heterocycles. The van der Waals surface area contributed by atoms with Gasteiger partial charge in [-0.25, -0.2) is 4.79 Å². The molecular formula is C12H17N3O2. The van der Waals surface area contributed by atoms with Crippen LogP contribution in [-0.4, -0.2) is 35.2 Å². The number of nitrogens with two attached hydrogens (primary N) is 1. The summed E-state index contributed by atoms with van der Waals surface area (Å²) in [6.07, 6.45) is 0.809. The molecule has 1 aliphatic rings. The number of rotatable bonds is 2. The first-order valence-corrected chi connectivity index (χ1v) is 5.75. The molecule has 1 aromatic carbocycles. The topological polar surface area (TPSA) is 78.6 Å². The van der Waals surface area contributed by atoms with E-state index in [0.717, 1.165) is 24.2 Å². The van der Waals surface area contributed by atoms with Gasteiger partial charge in [-0.05, 0) is 25.0 Å². The Morgan fingerprint density at radius 1 is 1.35 bits per heavy atom. The minimum atomic E-state index is -0.831. The zero-order valence-electron chi connectivity index (χ0n) is 9.60. The molecule has 1 saturated heterocycles. The van der Waals surface area contributed by atoms with Crippen LogP contribution in [-0.2, 0) is 0 Å². The number of piperidine rings is 1. The Morgan fingerprint density at radius 3 is 2.59 bits per heavy atom. The number of nitrogen functional groups attached to an aromatic ring is 1. The number of nitrogens with one attached hydrogen (secondary N) is 1. The van der Waals surface area contributed by atoms with Crippen LogP contribution < -0.4 is 11.1 Å². The summed E-state index contributed by atoms with van der Waals surface area (Å²) in [5.74, 6) is 0. The molecule has 0 atom stereocenters. The lowest BCUT2D eigenvalue weighted by Crippen LogP contribution is -2.41. The van der Waals surface area contributed by atoms with Gasteiger partial charge in [0.15, 0.2) is 0 Å². The molecule has 0 unspecified atom stereocenters. The molecule has 5 nitrogen and oxygen atoms in total. The number of carboxylic acid groups (broad SMARTS) is 1. The fourth-order valence-electron chi connectivity index (χ4n) is 2.06. The van der Waals surface area contributed by atoms with E-state index >= 15 is 0 Å². The Bertz CT molecular complexity index is 400. The van der Waals surface area contributed by atoms with Gasteiger partial charge in [0.25, 0.3) is 0 Å². The molecule has 1 fully saturated rings. The molecule has 1 heterocycles. The Kier molecular flexibility index (Phi) is 3.37. The number of anilines is 2. The SMILES string of the molecule is Nc1ccccc1NC1CCN(C(=O)O)CC1. The molecule has 0 spiro atoms. The van der Waals surface area contributed by atoms with Crippen LogP contribution in [0.1, 0.15) is 12.8 Å². The van der Waals surface area contributed by atoms with Crippen molar-refractivity contribution in [3.63, 3.8) is 0 Å². The van der Waals surface area contributed by atoms with Gasteiger partial charge < -0.3 is 21.1 Å². The van der Waals surface area contributed by atoms with E-state index in [1.165, 1.54) is 4.90 Å². The monoisotopic (exact) mass is 235 g/mol. The average Bonchev–Trinajstić information content (AvgIpc) is 2.33. The van der Waals surface area contributed by atoms with Gasteiger partial charge in [-0.3, -0.25) is 0 Å². The van der Waals surface area contributed by atoms with E-state index in [2.05, 4.69) is 5.32 Å². The van der Waals surface area contributed by atoms with E-state index in [0.29, 0.717) is 19.1 Å². The maximum absolute atomic E-state index is 10.8. The number of likely N-dealkylation sites (tertiary alicyclic amines) is 1. The minimum absolute atomic E-state index is 0.301. The maximum Gasteiger partial charge on any atom is 0.407 e. The molecule has 5 heteroatoms. The van der Waals surface area contributed by atoms with Gasteiger partial charge in [0.1, 0.15) is 0 Å². The number of hydrogen-bond acceptors (Lipinski definition) is 3. The van der Waals surface area contributed by atoms with Crippen molar-refractivity contribution < 1.29 is 9.90 Å². The van der Waals surface area contributed by atoms with Crippen molar-refractivity contribution >= 4 is 17.5 Å². The van der Waals surface area contributed by atoms with E-state index in [9.17, 15) is 4.79 Å². The quantitative estimate of drug-likeness (QED) is 0.683. The summed E-state index contributed by atoms with van der Waals surface area (Å²) in [7, 11) is 0. The second-order valence-electron chi connectivity index (χ2n) is 4.28. The molecule has 17 heavy (non-hydrogen) atoms. The Hall–Kier alpha value is -1.91. The third-order valence-electron chi connectivity index (χ3n) is 3.09. The summed E-state index contributed by atoms with van der Waals surface area (Å²) in [6, 6.07) is 7.93. The molecule has 1 aromatic rings. The first-order chi connectivity index (χ1) is 8.16. The van der Waals surface area contributed by atoms with Crippen LogP contribution >= 0.6 is 0 Å². The smallest absolute Gasteiger partial charge is 0.407 e. The summed E-state index contributed by atoms with van der Waals surface area (Å²) in [5.41, 5.74) is 7.51. The third kappa shape index (κ3) is 2.81. The van der Waals surface area contributed by atoms with Crippen molar-refractivity contribution in [3.8, 4) is 0 Å². The van der Waals surface area contributed by atoms with E-state index in [1.54, 1.807) is 0 Å². The van der Waals surface area contributed by atoms with Gasteiger partial charge in [0.05, 0.1) is 11.4 Å². The summed E-state index contributed by atoms with van der Waals surface area (Å²) in [5, 5.41) is 12.2. The van der Waals surface area contributed by atoms with Gasteiger partial charge in [0.2, 0.25) is 0 Å². The average molecular weight is 235 g/mol. The number of hydrogen-bond donors (Lipinski definition) is 3. The first kappa shape index (κ1) is 11.6. The van der Waals surface area contributed by atoms with Gasteiger partial charge in [-0.1, -0.05) is 12.1 Å². The number of para-hydroxylation sites is 2. The summed E-state index contributed by atoms with van der Waals surface area (Å²) in [4.78, 5) is 12.2. The minimum Gasteiger partial charge on any atom is -0.465 e. The fraction of sp³-hybridized carbons (Fsp3) is 0.417. The number of amides is 1. The summed E-state index contributed by atoms with van der Waals surface area (Å²) in [6.45, 7) is 1.17. The molecule has 1 amide bonds. The first-order valence-electron chi connectivity index (χ1n) is 5.75. The van der Waals surface area contributed by atoms with Crippen molar-refractivity contribution in [2.24, 2.45) is 0 Å². The van der Waals surface area contributed by atoms with Crippen LogP contribution in [0, 0.1) is 0 Å². The molecule has 0 aliphatic carbocycles. The Balaban J connectivity index is 1.90. The predicted molar refractivity (Wildman–Crippen MR) is 67.1 cm³/mol. The third-order valence-corrected chi connectivity index (χ3v) is 3.09. The van der Waals surface area contributed by atoms with Crippen molar-refractivity contribution in [1.29, 1.82) is 0 Å². The highest BCUT2D eigenvalue weighted by atomic mass is 16.4. The second-order valence-corrected chi connectivity index (χ2v) is 4.28. The largest absolute Gasteiger partial charge is 0.465 e. The number of carbonyl (C=O) groups is 1. The van der Waals surface area contributed by atoms with E-state index in [4.69, 9.17) is 10.8 Å². The normalized spacial score (nSPS) is 16.8. The van der Waals surface area contributed by atoms with Gasteiger partial charge in [-0.2, -0.15) is 0 Å². The zero-order chi connectivity index (χ0) is 12.3. The van der Waals surface area contributed by atoms with Crippen molar-refractivity contribution in [2.45, 2.75) is 18.9 Å². The zero-order valence-corrected chi connectivity index (χ0v) is 9.60. The van der Waals surface area contributed by atoms with Crippen LogP contribution in [0.4, 0.5) is 16.2 Å². The molecule has 0 saturated carbocycles. The van der Waals surface area contributed by atoms with E-state index in [-0.39, 0.29) is 0 Å². The molecule has 0 radical (unpaired) electrons. The second kappa shape index (κ2) is 4.95. The van der Waals surface area contributed by atoms with Crippen molar-refractivity contribution in [2.75, 3.05) is 24.1 Å². The van der Waals surface area contributed by atoms with E-state index in [1.807, 2.05) is 24.3 Å². The van der Waals surface area contributed by atoms with Crippen LogP contribution in [0.15, 0.2) is 24.3 Å². The van der Waals surface area contributed by atoms with Gasteiger partial charge in [-0.15, -0.1) is 0 Å². The van der Waals surface area contributed by atoms with Crippen molar-refractivity contribution in [3.05, 3.63) is 24.3 Å². The van der Waals surface area contributed by atoms with Gasteiger partial charge >= 0.3 is 6.09 Å². The molecule has 4 N–H and O–H groups in total. The summed E-state index contributed by atoms with van der Waals surface area (Å²) >= 11 is 0. The highest BCUT2D eigenvalue weighted by molar-refractivity contribution is 5.66. The standard InChI is InChI=1S/C12H17N3O2/c13-10-3-1-2-4-11(10)14-9-5-7-15(8-6-9)12(16)17/h1-4,9,14H,5-8,13H2,(H,16,17). The lowest BCUT2D eigenvalue weighted by Gasteiger charge is -2.31. The number of nitrogens with zero attached hydrogens (tertiary/aromatic N) is 1. The lowest BCUT2D eigenvalue weighted by atomic mass is 10.0. The maximum atomic E-state index is 10.8. The van der Waals surface area contributed by atoms with Crippen molar-refractivity contribution in [1.82, 2.24) is 4.90 Å². The van der Waals surface area contributed by atoms with Crippen LogP contribution in [0.2, 0.25) is 0 Å². The van der Waals surface area contributed by atoms with Crippen LogP contribution in [0.25, 0.3) is 0 Å².